The zero-order valence-corrected chi connectivity index (χ0v) is 10.8. The first-order chi connectivity index (χ1) is 9.99. The highest BCUT2D eigenvalue weighted by molar-refractivity contribution is 5.30. The van der Waals surface area contributed by atoms with Crippen molar-refractivity contribution in [3.8, 4) is 5.75 Å². The van der Waals surface area contributed by atoms with Gasteiger partial charge in [0.25, 0.3) is 0 Å². The summed E-state index contributed by atoms with van der Waals surface area (Å²) >= 11 is 0. The fourth-order valence-electron chi connectivity index (χ4n) is 1.79. The quantitative estimate of drug-likeness (QED) is 0.917. The normalized spacial score (nSPS) is 15.0. The molecular weight excluding hydrogens is 287 g/mol. The van der Waals surface area contributed by atoms with E-state index in [0.717, 1.165) is 18.4 Å². The van der Waals surface area contributed by atoms with Crippen molar-refractivity contribution in [2.24, 2.45) is 0 Å². The van der Waals surface area contributed by atoms with Crippen LogP contribution in [0.1, 0.15) is 18.4 Å². The van der Waals surface area contributed by atoms with E-state index < -0.39 is 6.36 Å². The minimum absolute atomic E-state index is 0.251. The molecule has 9 heteroatoms. The zero-order valence-electron chi connectivity index (χ0n) is 10.8. The molecule has 1 aliphatic rings. The van der Waals surface area contributed by atoms with Gasteiger partial charge in [-0.2, -0.15) is 0 Å². The van der Waals surface area contributed by atoms with Crippen LogP contribution < -0.4 is 10.1 Å². The van der Waals surface area contributed by atoms with E-state index in [1.165, 1.54) is 12.1 Å². The lowest BCUT2D eigenvalue weighted by atomic mass is 10.2. The zero-order chi connectivity index (χ0) is 14.9. The number of halogens is 3. The van der Waals surface area contributed by atoms with Crippen LogP contribution in [0.4, 0.5) is 19.1 Å². The molecule has 0 saturated heterocycles. The van der Waals surface area contributed by atoms with Crippen LogP contribution in [-0.2, 0) is 6.54 Å². The maximum atomic E-state index is 12.1. The van der Waals surface area contributed by atoms with Crippen LogP contribution in [0.2, 0.25) is 0 Å². The lowest BCUT2D eigenvalue weighted by Crippen LogP contribution is -2.17. The van der Waals surface area contributed by atoms with E-state index in [9.17, 15) is 13.2 Å². The van der Waals surface area contributed by atoms with Gasteiger partial charge in [-0.3, -0.25) is 0 Å². The van der Waals surface area contributed by atoms with E-state index in [4.69, 9.17) is 0 Å². The lowest BCUT2D eigenvalue weighted by Gasteiger charge is -2.10. The topological polar surface area (TPSA) is 64.9 Å². The Kier molecular flexibility index (Phi) is 3.40. The van der Waals surface area contributed by atoms with Gasteiger partial charge in [0.15, 0.2) is 0 Å². The molecule has 1 aliphatic carbocycles. The van der Waals surface area contributed by atoms with Gasteiger partial charge in [-0.05, 0) is 41.0 Å². The van der Waals surface area contributed by atoms with Gasteiger partial charge in [-0.15, -0.1) is 13.2 Å². The van der Waals surface area contributed by atoms with Gasteiger partial charge < -0.3 is 10.1 Å². The molecule has 1 aromatic carbocycles. The van der Waals surface area contributed by atoms with Crippen LogP contribution in [0.15, 0.2) is 24.3 Å². The van der Waals surface area contributed by atoms with Crippen molar-refractivity contribution >= 4 is 5.95 Å². The van der Waals surface area contributed by atoms with Gasteiger partial charge in [0.1, 0.15) is 5.75 Å². The number of nitrogens with zero attached hydrogens (tertiary/aromatic N) is 4. The molecule has 1 saturated carbocycles. The smallest absolute Gasteiger partial charge is 0.406 e. The molecule has 0 atom stereocenters. The van der Waals surface area contributed by atoms with Crippen LogP contribution in [0, 0.1) is 0 Å². The second-order valence-corrected chi connectivity index (χ2v) is 4.77. The number of aromatic nitrogens is 4. The summed E-state index contributed by atoms with van der Waals surface area (Å²) in [6.45, 7) is 0.369. The molecule has 0 spiro atoms. The van der Waals surface area contributed by atoms with E-state index in [1.807, 2.05) is 0 Å². The van der Waals surface area contributed by atoms with Crippen LogP contribution in [0.3, 0.4) is 0 Å². The molecule has 1 aromatic heterocycles. The molecule has 1 fully saturated rings. The molecule has 1 N–H and O–H groups in total. The van der Waals surface area contributed by atoms with Gasteiger partial charge in [0.05, 0.1) is 6.54 Å². The average Bonchev–Trinajstić information content (AvgIpc) is 3.11. The third-order valence-electron chi connectivity index (χ3n) is 2.93. The summed E-state index contributed by atoms with van der Waals surface area (Å²) in [5.74, 6) is 0.312. The summed E-state index contributed by atoms with van der Waals surface area (Å²) in [5, 5.41) is 14.5. The van der Waals surface area contributed by atoms with Crippen molar-refractivity contribution in [3.63, 3.8) is 0 Å². The maximum absolute atomic E-state index is 12.1. The Bertz CT molecular complexity index is 606. The second-order valence-electron chi connectivity index (χ2n) is 4.77. The molecule has 3 rings (SSSR count). The van der Waals surface area contributed by atoms with Crippen LogP contribution in [0.25, 0.3) is 0 Å². The Balaban J connectivity index is 1.66. The predicted molar refractivity (Wildman–Crippen MR) is 66.7 cm³/mol. The fraction of sp³-hybridized carbons (Fsp3) is 0.417. The number of nitrogens with one attached hydrogen (secondary N) is 1. The minimum Gasteiger partial charge on any atom is -0.406 e. The molecule has 0 aliphatic heterocycles. The van der Waals surface area contributed by atoms with E-state index >= 15 is 0 Å². The molecule has 0 bridgehead atoms. The Morgan fingerprint density at radius 1 is 1.24 bits per heavy atom. The molecule has 0 radical (unpaired) electrons. The molecule has 112 valence electrons. The molecular formula is C12H12F3N5O. The lowest BCUT2D eigenvalue weighted by molar-refractivity contribution is -0.274. The Morgan fingerprint density at radius 2 is 1.95 bits per heavy atom. The first kappa shape index (κ1) is 13.7. The van der Waals surface area contributed by atoms with Crippen molar-refractivity contribution in [2.75, 3.05) is 5.32 Å². The molecule has 1 heterocycles. The van der Waals surface area contributed by atoms with E-state index in [2.05, 4.69) is 25.6 Å². The minimum atomic E-state index is -4.68. The number of rotatable bonds is 5. The van der Waals surface area contributed by atoms with Crippen LogP contribution in [-0.4, -0.2) is 32.6 Å². The van der Waals surface area contributed by atoms with E-state index in [1.54, 1.807) is 16.8 Å². The molecule has 2 aromatic rings. The van der Waals surface area contributed by atoms with Crippen molar-refractivity contribution in [1.82, 2.24) is 20.2 Å². The van der Waals surface area contributed by atoms with Crippen molar-refractivity contribution in [1.29, 1.82) is 0 Å². The second kappa shape index (κ2) is 5.23. The summed E-state index contributed by atoms with van der Waals surface area (Å²) in [7, 11) is 0. The highest BCUT2D eigenvalue weighted by atomic mass is 19.4. The summed E-state index contributed by atoms with van der Waals surface area (Å²) < 4.78 is 41.6. The third kappa shape index (κ3) is 3.83. The summed E-state index contributed by atoms with van der Waals surface area (Å²) in [4.78, 5) is 0. The highest BCUT2D eigenvalue weighted by Gasteiger charge is 2.31. The SMILES string of the molecule is FC(F)(F)Oc1ccc(Cn2nnnc2NC2CC2)cc1. The van der Waals surface area contributed by atoms with Crippen LogP contribution >= 0.6 is 0 Å². The first-order valence-electron chi connectivity index (χ1n) is 6.37. The standard InChI is InChI=1S/C12H12F3N5O/c13-12(14,15)21-10-5-1-8(2-6-10)7-20-11(17-18-19-20)16-9-3-4-9/h1-2,5-6,9H,3-4,7H2,(H,16,17,19). The number of hydrogen-bond donors (Lipinski definition) is 1. The van der Waals surface area contributed by atoms with Gasteiger partial charge in [0, 0.05) is 6.04 Å². The highest BCUT2D eigenvalue weighted by Crippen LogP contribution is 2.24. The molecule has 21 heavy (non-hydrogen) atoms. The number of anilines is 1. The van der Waals surface area contributed by atoms with Gasteiger partial charge >= 0.3 is 6.36 Å². The summed E-state index contributed by atoms with van der Waals surface area (Å²) in [5.41, 5.74) is 0.774. The average molecular weight is 299 g/mol. The van der Waals surface area contributed by atoms with Crippen molar-refractivity contribution in [3.05, 3.63) is 29.8 Å². The van der Waals surface area contributed by atoms with E-state index in [-0.39, 0.29) is 5.75 Å². The van der Waals surface area contributed by atoms with E-state index in [0.29, 0.717) is 18.5 Å². The number of benzene rings is 1. The van der Waals surface area contributed by atoms with Gasteiger partial charge in [-0.1, -0.05) is 17.2 Å². The van der Waals surface area contributed by atoms with Gasteiger partial charge in [-0.25, -0.2) is 4.68 Å². The monoisotopic (exact) mass is 299 g/mol. The fourth-order valence-corrected chi connectivity index (χ4v) is 1.79. The Hall–Kier alpha value is -2.32. The largest absolute Gasteiger partial charge is 0.573 e. The number of ether oxygens (including phenoxy) is 1. The maximum Gasteiger partial charge on any atom is 0.573 e. The van der Waals surface area contributed by atoms with Crippen molar-refractivity contribution in [2.45, 2.75) is 31.8 Å². The molecule has 0 unspecified atom stereocenters. The number of hydrogen-bond acceptors (Lipinski definition) is 5. The predicted octanol–water partition coefficient (Wildman–Crippen LogP) is 2.19. The van der Waals surface area contributed by atoms with Crippen molar-refractivity contribution < 1.29 is 17.9 Å². The molecule has 0 amide bonds. The number of alkyl halides is 3. The van der Waals surface area contributed by atoms with Gasteiger partial charge in [0.2, 0.25) is 5.95 Å². The Labute approximate surface area is 117 Å². The Morgan fingerprint density at radius 3 is 2.57 bits per heavy atom. The summed E-state index contributed by atoms with van der Waals surface area (Å²) in [6, 6.07) is 6.03. The molecule has 6 nitrogen and oxygen atoms in total. The third-order valence-corrected chi connectivity index (χ3v) is 2.93. The number of tetrazole rings is 1. The summed E-state index contributed by atoms with van der Waals surface area (Å²) in [6.07, 6.45) is -2.49. The van der Waals surface area contributed by atoms with Crippen LogP contribution in [0.5, 0.6) is 5.75 Å². The first-order valence-corrected chi connectivity index (χ1v) is 6.37.